The van der Waals surface area contributed by atoms with E-state index in [-0.39, 0.29) is 5.91 Å². The quantitative estimate of drug-likeness (QED) is 0.795. The van der Waals surface area contributed by atoms with Crippen molar-refractivity contribution in [3.8, 4) is 5.69 Å². The van der Waals surface area contributed by atoms with Crippen LogP contribution in [0, 0.1) is 0 Å². The minimum absolute atomic E-state index is 0.177. The molecule has 94 valence electrons. The minimum Gasteiger partial charge on any atom is -0.298 e. The fourth-order valence-electron chi connectivity index (χ4n) is 1.67. The number of hydrogen-bond donors (Lipinski definition) is 1. The average molecular weight is 270 g/mol. The summed E-state index contributed by atoms with van der Waals surface area (Å²) in [6.45, 7) is 0. The summed E-state index contributed by atoms with van der Waals surface area (Å²) in [6.07, 6.45) is 5.18. The molecular weight excluding hydrogens is 260 g/mol. The van der Waals surface area contributed by atoms with Gasteiger partial charge in [0.15, 0.2) is 5.13 Å². The standard InChI is InChI=1S/C13H10N4OS/c18-12(16-13-14-6-8-19-13)10-3-1-4-11(9-10)17-7-2-5-15-17/h1-9H,(H,14,16,18). The molecule has 2 heterocycles. The number of carbonyl (C=O) groups is 1. The monoisotopic (exact) mass is 270 g/mol. The van der Waals surface area contributed by atoms with E-state index < -0.39 is 0 Å². The smallest absolute Gasteiger partial charge is 0.257 e. The molecule has 3 rings (SSSR count). The van der Waals surface area contributed by atoms with E-state index in [1.54, 1.807) is 29.2 Å². The normalized spacial score (nSPS) is 10.3. The van der Waals surface area contributed by atoms with Gasteiger partial charge in [-0.05, 0) is 24.3 Å². The van der Waals surface area contributed by atoms with Crippen molar-refractivity contribution >= 4 is 22.4 Å². The first-order valence-corrected chi connectivity index (χ1v) is 6.52. The SMILES string of the molecule is O=C(Nc1nccs1)c1cccc(-n2cccn2)c1. The van der Waals surface area contributed by atoms with Gasteiger partial charge in [-0.25, -0.2) is 9.67 Å². The summed E-state index contributed by atoms with van der Waals surface area (Å²) in [5, 5.41) is 9.29. The van der Waals surface area contributed by atoms with Crippen molar-refractivity contribution in [1.29, 1.82) is 0 Å². The van der Waals surface area contributed by atoms with Crippen LogP contribution in [0.3, 0.4) is 0 Å². The molecule has 2 aromatic heterocycles. The molecule has 0 unspecified atom stereocenters. The lowest BCUT2D eigenvalue weighted by atomic mass is 10.2. The summed E-state index contributed by atoms with van der Waals surface area (Å²) in [6, 6.07) is 9.11. The Hall–Kier alpha value is -2.47. The highest BCUT2D eigenvalue weighted by Crippen LogP contribution is 2.14. The Morgan fingerprint density at radius 3 is 2.95 bits per heavy atom. The van der Waals surface area contributed by atoms with Gasteiger partial charge < -0.3 is 0 Å². The van der Waals surface area contributed by atoms with E-state index in [9.17, 15) is 4.79 Å². The van der Waals surface area contributed by atoms with E-state index in [2.05, 4.69) is 15.4 Å². The van der Waals surface area contributed by atoms with E-state index in [0.29, 0.717) is 10.7 Å². The number of amides is 1. The lowest BCUT2D eigenvalue weighted by molar-refractivity contribution is 0.102. The molecule has 0 fully saturated rings. The summed E-state index contributed by atoms with van der Waals surface area (Å²) in [5.74, 6) is -0.177. The molecule has 3 aromatic rings. The third-order valence-corrected chi connectivity index (χ3v) is 3.22. The Morgan fingerprint density at radius 1 is 1.26 bits per heavy atom. The summed E-state index contributed by atoms with van der Waals surface area (Å²) in [7, 11) is 0. The van der Waals surface area contributed by atoms with Gasteiger partial charge in [0.1, 0.15) is 0 Å². The zero-order valence-electron chi connectivity index (χ0n) is 9.85. The first kappa shape index (κ1) is 11.6. The Labute approximate surface area is 113 Å². The number of rotatable bonds is 3. The third-order valence-electron chi connectivity index (χ3n) is 2.53. The van der Waals surface area contributed by atoms with Crippen molar-refractivity contribution in [2.45, 2.75) is 0 Å². The van der Waals surface area contributed by atoms with Gasteiger partial charge in [-0.3, -0.25) is 10.1 Å². The molecule has 0 aliphatic rings. The van der Waals surface area contributed by atoms with Crippen LogP contribution in [0.4, 0.5) is 5.13 Å². The predicted molar refractivity (Wildman–Crippen MR) is 73.6 cm³/mol. The maximum atomic E-state index is 12.1. The Morgan fingerprint density at radius 2 is 2.21 bits per heavy atom. The third kappa shape index (κ3) is 2.53. The van der Waals surface area contributed by atoms with Crippen molar-refractivity contribution in [3.63, 3.8) is 0 Å². The highest BCUT2D eigenvalue weighted by atomic mass is 32.1. The van der Waals surface area contributed by atoms with Gasteiger partial charge >= 0.3 is 0 Å². The van der Waals surface area contributed by atoms with Crippen LogP contribution in [-0.2, 0) is 0 Å². The largest absolute Gasteiger partial charge is 0.298 e. The number of aromatic nitrogens is 3. The lowest BCUT2D eigenvalue weighted by Gasteiger charge is -2.05. The molecule has 0 aliphatic carbocycles. The first-order chi connectivity index (χ1) is 9.33. The van der Waals surface area contributed by atoms with Gasteiger partial charge in [0, 0.05) is 29.5 Å². The Balaban J connectivity index is 1.85. The topological polar surface area (TPSA) is 59.8 Å². The fourth-order valence-corrected chi connectivity index (χ4v) is 2.19. The van der Waals surface area contributed by atoms with Crippen molar-refractivity contribution < 1.29 is 4.79 Å². The van der Waals surface area contributed by atoms with Crippen LogP contribution in [0.5, 0.6) is 0 Å². The van der Waals surface area contributed by atoms with Crippen LogP contribution in [0.25, 0.3) is 5.69 Å². The van der Waals surface area contributed by atoms with Crippen LogP contribution >= 0.6 is 11.3 Å². The number of thiazole rings is 1. The summed E-state index contributed by atoms with van der Waals surface area (Å²) in [5.41, 5.74) is 1.42. The number of benzene rings is 1. The van der Waals surface area contributed by atoms with Crippen molar-refractivity contribution in [2.75, 3.05) is 5.32 Å². The molecule has 0 radical (unpaired) electrons. The molecule has 1 N–H and O–H groups in total. The molecule has 5 nitrogen and oxygen atoms in total. The number of nitrogens with one attached hydrogen (secondary N) is 1. The van der Waals surface area contributed by atoms with E-state index in [1.165, 1.54) is 11.3 Å². The molecule has 0 spiro atoms. The van der Waals surface area contributed by atoms with E-state index in [4.69, 9.17) is 0 Å². The van der Waals surface area contributed by atoms with Crippen LogP contribution in [0.1, 0.15) is 10.4 Å². The summed E-state index contributed by atoms with van der Waals surface area (Å²) in [4.78, 5) is 16.1. The second-order valence-electron chi connectivity index (χ2n) is 3.79. The molecule has 0 bridgehead atoms. The minimum atomic E-state index is -0.177. The Bertz CT molecular complexity index is 677. The van der Waals surface area contributed by atoms with E-state index >= 15 is 0 Å². The van der Waals surface area contributed by atoms with Crippen LogP contribution in [0.2, 0.25) is 0 Å². The molecule has 0 saturated heterocycles. The van der Waals surface area contributed by atoms with Crippen LogP contribution < -0.4 is 5.32 Å². The van der Waals surface area contributed by atoms with Gasteiger partial charge in [0.2, 0.25) is 0 Å². The van der Waals surface area contributed by atoms with Gasteiger partial charge in [-0.2, -0.15) is 5.10 Å². The van der Waals surface area contributed by atoms with Crippen molar-refractivity contribution in [1.82, 2.24) is 14.8 Å². The fraction of sp³-hybridized carbons (Fsp3) is 0. The Kier molecular flexibility index (Phi) is 3.07. The summed E-state index contributed by atoms with van der Waals surface area (Å²) >= 11 is 1.39. The second kappa shape index (κ2) is 5.03. The second-order valence-corrected chi connectivity index (χ2v) is 4.69. The average Bonchev–Trinajstić information content (AvgIpc) is 3.12. The molecule has 0 aliphatic heterocycles. The molecular formula is C13H10N4OS. The zero-order valence-corrected chi connectivity index (χ0v) is 10.7. The predicted octanol–water partition coefficient (Wildman–Crippen LogP) is 2.58. The number of carbonyl (C=O) groups excluding carboxylic acids is 1. The van der Waals surface area contributed by atoms with Crippen LogP contribution in [0.15, 0.2) is 54.3 Å². The molecule has 6 heteroatoms. The van der Waals surface area contributed by atoms with E-state index in [1.807, 2.05) is 29.8 Å². The molecule has 0 atom stereocenters. The molecule has 1 amide bonds. The van der Waals surface area contributed by atoms with Crippen LogP contribution in [-0.4, -0.2) is 20.7 Å². The van der Waals surface area contributed by atoms with Crippen molar-refractivity contribution in [3.05, 3.63) is 59.9 Å². The van der Waals surface area contributed by atoms with Gasteiger partial charge in [0.05, 0.1) is 5.69 Å². The number of nitrogens with zero attached hydrogens (tertiary/aromatic N) is 3. The van der Waals surface area contributed by atoms with Gasteiger partial charge in [0.25, 0.3) is 5.91 Å². The maximum absolute atomic E-state index is 12.1. The molecule has 19 heavy (non-hydrogen) atoms. The lowest BCUT2D eigenvalue weighted by Crippen LogP contribution is -2.12. The first-order valence-electron chi connectivity index (χ1n) is 5.64. The van der Waals surface area contributed by atoms with Gasteiger partial charge in [-0.15, -0.1) is 11.3 Å². The maximum Gasteiger partial charge on any atom is 0.257 e. The van der Waals surface area contributed by atoms with Gasteiger partial charge in [-0.1, -0.05) is 6.07 Å². The van der Waals surface area contributed by atoms with E-state index in [0.717, 1.165) is 5.69 Å². The zero-order chi connectivity index (χ0) is 13.1. The number of anilines is 1. The number of hydrogen-bond acceptors (Lipinski definition) is 4. The summed E-state index contributed by atoms with van der Waals surface area (Å²) < 4.78 is 1.71. The highest BCUT2D eigenvalue weighted by Gasteiger charge is 2.08. The highest BCUT2D eigenvalue weighted by molar-refractivity contribution is 7.13. The van der Waals surface area contributed by atoms with Crippen molar-refractivity contribution in [2.24, 2.45) is 0 Å². The molecule has 0 saturated carbocycles. The molecule has 1 aromatic carbocycles.